The molecule has 4 rings (SSSR count). The molecule has 0 radical (unpaired) electrons. The fourth-order valence-corrected chi connectivity index (χ4v) is 5.97. The molecule has 0 unspecified atom stereocenters. The number of hydrogen-bond donors (Lipinski definition) is 1. The summed E-state index contributed by atoms with van der Waals surface area (Å²) < 4.78 is 36.0. The van der Waals surface area contributed by atoms with Crippen molar-refractivity contribution in [2.45, 2.75) is 24.3 Å². The van der Waals surface area contributed by atoms with Crippen LogP contribution in [0.2, 0.25) is 5.02 Å². The molecule has 3 aromatic rings. The van der Waals surface area contributed by atoms with Gasteiger partial charge in [-0.1, -0.05) is 29.8 Å². The van der Waals surface area contributed by atoms with Crippen molar-refractivity contribution in [3.63, 3.8) is 0 Å². The number of nitrogens with zero attached hydrogens (tertiary/aromatic N) is 3. The van der Waals surface area contributed by atoms with Gasteiger partial charge in [-0.2, -0.15) is 13.1 Å². The summed E-state index contributed by atoms with van der Waals surface area (Å²) in [5.74, 6) is -0.552. The zero-order valence-corrected chi connectivity index (χ0v) is 17.8. The molecule has 152 valence electrons. The van der Waals surface area contributed by atoms with Crippen molar-refractivity contribution < 1.29 is 13.2 Å². The van der Waals surface area contributed by atoms with E-state index >= 15 is 0 Å². The lowest BCUT2D eigenvalue weighted by Crippen LogP contribution is -2.45. The van der Waals surface area contributed by atoms with Gasteiger partial charge in [0, 0.05) is 24.7 Å². The van der Waals surface area contributed by atoms with Crippen LogP contribution in [0.5, 0.6) is 0 Å². The van der Waals surface area contributed by atoms with E-state index in [0.29, 0.717) is 42.0 Å². The highest BCUT2D eigenvalue weighted by atomic mass is 35.5. The summed E-state index contributed by atoms with van der Waals surface area (Å²) in [5, 5.41) is 3.50. The van der Waals surface area contributed by atoms with Crippen LogP contribution in [-0.4, -0.2) is 40.5 Å². The number of benzene rings is 2. The van der Waals surface area contributed by atoms with Gasteiger partial charge in [-0.25, -0.2) is 8.42 Å². The van der Waals surface area contributed by atoms with Crippen molar-refractivity contribution in [2.75, 3.05) is 13.1 Å². The van der Waals surface area contributed by atoms with E-state index in [1.165, 1.54) is 4.31 Å². The smallest absolute Gasteiger partial charge is 0.245 e. The van der Waals surface area contributed by atoms with Crippen molar-refractivity contribution in [3.8, 4) is 0 Å². The van der Waals surface area contributed by atoms with Crippen LogP contribution >= 0.6 is 23.3 Å². The highest BCUT2D eigenvalue weighted by Gasteiger charge is 2.34. The third kappa shape index (κ3) is 4.28. The first-order valence-electron chi connectivity index (χ1n) is 9.19. The molecule has 1 atom stereocenters. The third-order valence-electron chi connectivity index (χ3n) is 4.98. The van der Waals surface area contributed by atoms with E-state index in [9.17, 15) is 13.2 Å². The Labute approximate surface area is 178 Å². The Kier molecular flexibility index (Phi) is 5.82. The molecule has 1 N–H and O–H groups in total. The van der Waals surface area contributed by atoms with Gasteiger partial charge in [0.1, 0.15) is 15.9 Å². The minimum Gasteiger partial charge on any atom is -0.352 e. The molecule has 1 aliphatic rings. The number of carbonyl (C=O) groups is 1. The number of carbonyl (C=O) groups excluding carboxylic acids is 1. The molecule has 10 heteroatoms. The Bertz CT molecular complexity index is 1150. The normalized spacial score (nSPS) is 18.0. The summed E-state index contributed by atoms with van der Waals surface area (Å²) in [7, 11) is -3.76. The van der Waals surface area contributed by atoms with Gasteiger partial charge in [-0.3, -0.25) is 4.79 Å². The predicted molar refractivity (Wildman–Crippen MR) is 112 cm³/mol. The van der Waals surface area contributed by atoms with Crippen molar-refractivity contribution in [2.24, 2.45) is 5.92 Å². The predicted octanol–water partition coefficient (Wildman–Crippen LogP) is 3.06. The van der Waals surface area contributed by atoms with Gasteiger partial charge < -0.3 is 5.32 Å². The Morgan fingerprint density at radius 1 is 1.24 bits per heavy atom. The molecule has 1 amide bonds. The molecule has 29 heavy (non-hydrogen) atoms. The second-order valence-electron chi connectivity index (χ2n) is 6.94. The number of fused-ring (bicyclic) bond motifs is 1. The maximum Gasteiger partial charge on any atom is 0.245 e. The Hall–Kier alpha value is -2.07. The molecule has 7 nitrogen and oxygen atoms in total. The molecule has 2 aromatic carbocycles. The first kappa shape index (κ1) is 20.2. The van der Waals surface area contributed by atoms with Gasteiger partial charge >= 0.3 is 0 Å². The number of aromatic nitrogens is 2. The molecule has 1 aromatic heterocycles. The van der Waals surface area contributed by atoms with E-state index in [0.717, 1.165) is 17.3 Å². The van der Waals surface area contributed by atoms with Crippen LogP contribution in [0.4, 0.5) is 0 Å². The second kappa shape index (κ2) is 8.35. The average Bonchev–Trinajstić information content (AvgIpc) is 3.21. The van der Waals surface area contributed by atoms with E-state index in [1.54, 1.807) is 30.3 Å². The van der Waals surface area contributed by atoms with Crippen LogP contribution < -0.4 is 5.32 Å². The number of hydrogen-bond acceptors (Lipinski definition) is 6. The zero-order chi connectivity index (χ0) is 20.4. The Morgan fingerprint density at radius 3 is 2.90 bits per heavy atom. The highest BCUT2D eigenvalue weighted by Crippen LogP contribution is 2.28. The summed E-state index contributed by atoms with van der Waals surface area (Å²) in [4.78, 5) is 12.8. The molecule has 1 fully saturated rings. The van der Waals surface area contributed by atoms with Crippen molar-refractivity contribution in [3.05, 3.63) is 53.1 Å². The summed E-state index contributed by atoms with van der Waals surface area (Å²) in [5.41, 5.74) is 1.84. The fraction of sp³-hybridized carbons (Fsp3) is 0.316. The van der Waals surface area contributed by atoms with Gasteiger partial charge in [0.15, 0.2) is 0 Å². The van der Waals surface area contributed by atoms with E-state index in [2.05, 4.69) is 14.1 Å². The van der Waals surface area contributed by atoms with Crippen LogP contribution in [0.1, 0.15) is 18.4 Å². The molecule has 1 saturated heterocycles. The molecule has 0 aliphatic carbocycles. The van der Waals surface area contributed by atoms with E-state index in [1.807, 2.05) is 12.1 Å². The molecular weight excluding hydrogens is 432 g/mol. The minimum absolute atomic E-state index is 0.142. The standard InChI is InChI=1S/C19H19ClN4O3S2/c20-15-6-1-4-13(10-15)11-21-19(25)14-5-3-9-24(12-14)29(26,27)17-8-2-7-16-18(17)23-28-22-16/h1-2,4,6-8,10,14H,3,5,9,11-12H2,(H,21,25)/t14-/m0/s1. The average molecular weight is 451 g/mol. The van der Waals surface area contributed by atoms with Crippen LogP contribution in [-0.2, 0) is 21.4 Å². The SMILES string of the molecule is O=C(NCc1cccc(Cl)c1)[C@H]1CCCN(S(=O)(=O)c2cccc3nsnc23)C1. The summed E-state index contributed by atoms with van der Waals surface area (Å²) in [6, 6.07) is 12.2. The van der Waals surface area contributed by atoms with Gasteiger partial charge in [-0.05, 0) is 42.7 Å². The van der Waals surface area contributed by atoms with Crippen molar-refractivity contribution in [1.82, 2.24) is 18.4 Å². The topological polar surface area (TPSA) is 92.3 Å². The van der Waals surface area contributed by atoms with Crippen LogP contribution in [0.15, 0.2) is 47.4 Å². The number of piperidine rings is 1. The lowest BCUT2D eigenvalue weighted by molar-refractivity contribution is -0.126. The Balaban J connectivity index is 1.47. The largest absolute Gasteiger partial charge is 0.352 e. The number of sulfonamides is 1. The number of amides is 1. The van der Waals surface area contributed by atoms with Crippen LogP contribution in [0.25, 0.3) is 11.0 Å². The van der Waals surface area contributed by atoms with Gasteiger partial charge in [0.05, 0.1) is 17.6 Å². The first-order valence-corrected chi connectivity index (χ1v) is 11.7. The molecule has 0 spiro atoms. The summed E-state index contributed by atoms with van der Waals surface area (Å²) in [6.45, 7) is 0.887. The molecule has 0 bridgehead atoms. The maximum absolute atomic E-state index is 13.2. The third-order valence-corrected chi connectivity index (χ3v) is 7.65. The Morgan fingerprint density at radius 2 is 2.07 bits per heavy atom. The first-order chi connectivity index (χ1) is 13.9. The van der Waals surface area contributed by atoms with Crippen molar-refractivity contribution in [1.29, 1.82) is 0 Å². The van der Waals surface area contributed by atoms with Gasteiger partial charge in [0.2, 0.25) is 15.9 Å². The highest BCUT2D eigenvalue weighted by molar-refractivity contribution is 7.89. The molecule has 0 saturated carbocycles. The minimum atomic E-state index is -3.76. The zero-order valence-electron chi connectivity index (χ0n) is 15.4. The fourth-order valence-electron chi connectivity index (χ4n) is 3.48. The van der Waals surface area contributed by atoms with Gasteiger partial charge in [0.25, 0.3) is 0 Å². The quantitative estimate of drug-likeness (QED) is 0.644. The molecular formula is C19H19ClN4O3S2. The number of nitrogens with one attached hydrogen (secondary N) is 1. The van der Waals surface area contributed by atoms with Crippen LogP contribution in [0, 0.1) is 5.92 Å². The summed E-state index contributed by atoms with van der Waals surface area (Å²) >= 11 is 6.96. The maximum atomic E-state index is 13.2. The number of halogens is 1. The van der Waals surface area contributed by atoms with E-state index in [-0.39, 0.29) is 17.3 Å². The number of rotatable bonds is 5. The van der Waals surface area contributed by atoms with E-state index < -0.39 is 15.9 Å². The van der Waals surface area contributed by atoms with Crippen LogP contribution in [0.3, 0.4) is 0 Å². The molecule has 2 heterocycles. The second-order valence-corrected chi connectivity index (χ2v) is 9.81. The monoisotopic (exact) mass is 450 g/mol. The summed E-state index contributed by atoms with van der Waals surface area (Å²) in [6.07, 6.45) is 1.27. The lowest BCUT2D eigenvalue weighted by atomic mass is 9.99. The molecule has 1 aliphatic heterocycles. The van der Waals surface area contributed by atoms with Gasteiger partial charge in [-0.15, -0.1) is 0 Å². The lowest BCUT2D eigenvalue weighted by Gasteiger charge is -2.31. The van der Waals surface area contributed by atoms with Crippen molar-refractivity contribution >= 4 is 50.3 Å². The van der Waals surface area contributed by atoms with E-state index in [4.69, 9.17) is 11.6 Å².